The molecule has 0 spiro atoms. The quantitative estimate of drug-likeness (QED) is 0.531. The Morgan fingerprint density at radius 2 is 2.04 bits per heavy atom. The molecule has 2 heterocycles. The van der Waals surface area contributed by atoms with Gasteiger partial charge in [0.05, 0.1) is 12.7 Å². The molecule has 0 bridgehead atoms. The number of ether oxygens (including phenoxy) is 2. The fourth-order valence-electron chi connectivity index (χ4n) is 4.92. The minimum atomic E-state index is 0.185. The van der Waals surface area contributed by atoms with E-state index in [4.69, 9.17) is 14.5 Å². The number of nitrogens with zero attached hydrogens (tertiary/aromatic N) is 2. The first-order chi connectivity index (χ1) is 12.6. The van der Waals surface area contributed by atoms with Gasteiger partial charge >= 0.3 is 0 Å². The third kappa shape index (κ3) is 4.34. The highest BCUT2D eigenvalue weighted by atomic mass is 16.5. The summed E-state index contributed by atoms with van der Waals surface area (Å²) in [5.41, 5.74) is 0.185. The molecule has 6 heteroatoms. The lowest BCUT2D eigenvalue weighted by molar-refractivity contribution is -0.106. The zero-order valence-electron chi connectivity index (χ0n) is 17.1. The Bertz CT molecular complexity index is 474. The van der Waals surface area contributed by atoms with Crippen molar-refractivity contribution in [3.63, 3.8) is 0 Å². The van der Waals surface area contributed by atoms with E-state index in [9.17, 15) is 0 Å². The zero-order chi connectivity index (χ0) is 18.6. The van der Waals surface area contributed by atoms with Crippen molar-refractivity contribution < 1.29 is 9.47 Å². The van der Waals surface area contributed by atoms with Gasteiger partial charge in [0, 0.05) is 50.7 Å². The topological polar surface area (TPSA) is 58.1 Å². The van der Waals surface area contributed by atoms with Crippen LogP contribution in [-0.4, -0.2) is 76.1 Å². The summed E-state index contributed by atoms with van der Waals surface area (Å²) in [5, 5.41) is 7.17. The van der Waals surface area contributed by atoms with Crippen molar-refractivity contribution in [1.82, 2.24) is 15.5 Å². The highest BCUT2D eigenvalue weighted by Crippen LogP contribution is 2.52. The molecule has 2 N–H and O–H groups in total. The van der Waals surface area contributed by atoms with E-state index in [2.05, 4.69) is 36.3 Å². The molecule has 1 saturated carbocycles. The van der Waals surface area contributed by atoms with E-state index in [0.29, 0.717) is 24.0 Å². The van der Waals surface area contributed by atoms with Crippen LogP contribution in [0, 0.1) is 17.3 Å². The number of hydrogen-bond donors (Lipinski definition) is 2. The first kappa shape index (κ1) is 19.9. The Morgan fingerprint density at radius 1 is 1.27 bits per heavy atom. The van der Waals surface area contributed by atoms with Gasteiger partial charge in [-0.3, -0.25) is 4.99 Å². The van der Waals surface area contributed by atoms with Gasteiger partial charge in [-0.05, 0) is 45.2 Å². The van der Waals surface area contributed by atoms with Crippen molar-refractivity contribution in [1.29, 1.82) is 0 Å². The Balaban J connectivity index is 1.49. The number of hydrogen-bond acceptors (Lipinski definition) is 4. The molecular formula is C20H38N4O2. The number of guanidine groups is 1. The maximum absolute atomic E-state index is 5.92. The molecule has 0 amide bonds. The van der Waals surface area contributed by atoms with Crippen molar-refractivity contribution in [3.05, 3.63) is 0 Å². The van der Waals surface area contributed by atoms with Crippen molar-refractivity contribution in [2.45, 2.75) is 52.2 Å². The van der Waals surface area contributed by atoms with E-state index in [-0.39, 0.29) is 5.41 Å². The van der Waals surface area contributed by atoms with Gasteiger partial charge in [-0.2, -0.15) is 0 Å². The minimum Gasteiger partial charge on any atom is -0.383 e. The fraction of sp³-hybridized carbons (Fsp3) is 0.950. The van der Waals surface area contributed by atoms with Crippen molar-refractivity contribution >= 4 is 5.96 Å². The molecule has 0 radical (unpaired) electrons. The maximum Gasteiger partial charge on any atom is 0.191 e. The van der Waals surface area contributed by atoms with Gasteiger partial charge in [-0.25, -0.2) is 0 Å². The summed E-state index contributed by atoms with van der Waals surface area (Å²) in [5.74, 6) is 2.32. The maximum atomic E-state index is 5.92. The van der Waals surface area contributed by atoms with E-state index < -0.39 is 0 Å². The van der Waals surface area contributed by atoms with Crippen LogP contribution in [0.3, 0.4) is 0 Å². The van der Waals surface area contributed by atoms with Crippen LogP contribution >= 0.6 is 0 Å². The lowest BCUT2D eigenvalue weighted by atomic mass is 9.57. The number of nitrogens with one attached hydrogen (secondary N) is 2. The molecule has 2 saturated heterocycles. The Hall–Kier alpha value is -0.850. The highest BCUT2D eigenvalue weighted by Gasteiger charge is 2.59. The molecule has 0 aromatic rings. The first-order valence-corrected chi connectivity index (χ1v) is 10.4. The normalized spacial score (nSPS) is 32.2. The molecule has 0 aromatic heterocycles. The van der Waals surface area contributed by atoms with Crippen LogP contribution in [0.5, 0.6) is 0 Å². The smallest absolute Gasteiger partial charge is 0.191 e. The standard InChI is InChI=1S/C20H38N4O2/c1-5-21-19(23-17-16-8-12-26-18(16)20(17,2)3)22-14-15-6-9-24(10-7-15)11-13-25-4/h15-18H,5-14H2,1-4H3,(H2,21,22,23). The van der Waals surface area contributed by atoms with Gasteiger partial charge in [0.15, 0.2) is 5.96 Å². The van der Waals surface area contributed by atoms with Gasteiger partial charge in [0.1, 0.15) is 0 Å². The minimum absolute atomic E-state index is 0.185. The summed E-state index contributed by atoms with van der Waals surface area (Å²) in [7, 11) is 1.78. The van der Waals surface area contributed by atoms with E-state index >= 15 is 0 Å². The van der Waals surface area contributed by atoms with Gasteiger partial charge in [-0.1, -0.05) is 13.8 Å². The number of rotatable bonds is 7. The van der Waals surface area contributed by atoms with Gasteiger partial charge in [0.2, 0.25) is 0 Å². The summed E-state index contributed by atoms with van der Waals surface area (Å²) < 4.78 is 11.1. The molecule has 2 aliphatic heterocycles. The number of likely N-dealkylation sites (tertiary alicyclic amines) is 1. The monoisotopic (exact) mass is 366 g/mol. The van der Waals surface area contributed by atoms with Crippen LogP contribution in [0.1, 0.15) is 40.0 Å². The number of piperidine rings is 1. The predicted molar refractivity (Wildman–Crippen MR) is 106 cm³/mol. The van der Waals surface area contributed by atoms with Crippen molar-refractivity contribution in [2.75, 3.05) is 53.0 Å². The van der Waals surface area contributed by atoms with Crippen molar-refractivity contribution in [2.24, 2.45) is 22.2 Å². The summed E-state index contributed by atoms with van der Waals surface area (Å²) >= 11 is 0. The van der Waals surface area contributed by atoms with Crippen LogP contribution in [-0.2, 0) is 9.47 Å². The molecule has 3 atom stereocenters. The molecule has 26 heavy (non-hydrogen) atoms. The number of fused-ring (bicyclic) bond motifs is 1. The largest absolute Gasteiger partial charge is 0.383 e. The first-order valence-electron chi connectivity index (χ1n) is 10.4. The van der Waals surface area contributed by atoms with Gasteiger partial charge in [-0.15, -0.1) is 0 Å². The average molecular weight is 367 g/mol. The highest BCUT2D eigenvalue weighted by molar-refractivity contribution is 5.80. The fourth-order valence-corrected chi connectivity index (χ4v) is 4.92. The van der Waals surface area contributed by atoms with E-state index in [0.717, 1.165) is 38.8 Å². The van der Waals surface area contributed by atoms with E-state index in [1.54, 1.807) is 7.11 Å². The molecule has 3 rings (SSSR count). The van der Waals surface area contributed by atoms with Gasteiger partial charge < -0.3 is 25.0 Å². The summed E-state index contributed by atoms with van der Waals surface area (Å²) in [6.45, 7) is 13.7. The molecule has 3 unspecified atom stereocenters. The molecule has 150 valence electrons. The second-order valence-corrected chi connectivity index (χ2v) is 8.68. The van der Waals surface area contributed by atoms with E-state index in [1.165, 1.54) is 32.4 Å². The van der Waals surface area contributed by atoms with Gasteiger partial charge in [0.25, 0.3) is 0 Å². The van der Waals surface area contributed by atoms with Crippen LogP contribution in [0.25, 0.3) is 0 Å². The van der Waals surface area contributed by atoms with E-state index in [1.807, 2.05) is 0 Å². The lowest BCUT2D eigenvalue weighted by Crippen LogP contribution is -2.68. The second kappa shape index (κ2) is 8.89. The van der Waals surface area contributed by atoms with Crippen LogP contribution in [0.4, 0.5) is 0 Å². The number of methoxy groups -OCH3 is 1. The van der Waals surface area contributed by atoms with Crippen LogP contribution in [0.15, 0.2) is 4.99 Å². The third-order valence-electron chi connectivity index (χ3n) is 6.56. The van der Waals surface area contributed by atoms with Crippen LogP contribution in [0.2, 0.25) is 0 Å². The predicted octanol–water partition coefficient (Wildman–Crippen LogP) is 1.71. The Kier molecular flexibility index (Phi) is 6.81. The van der Waals surface area contributed by atoms with Crippen molar-refractivity contribution in [3.8, 4) is 0 Å². The lowest BCUT2D eigenvalue weighted by Gasteiger charge is -2.55. The summed E-state index contributed by atoms with van der Waals surface area (Å²) in [6.07, 6.45) is 4.06. The van der Waals surface area contributed by atoms with Crippen LogP contribution < -0.4 is 10.6 Å². The molecule has 0 aromatic carbocycles. The SMILES string of the molecule is CCNC(=NCC1CCN(CCOC)CC1)NC1C2CCOC2C1(C)C. The molecule has 1 aliphatic carbocycles. The number of aliphatic imine (C=N–C) groups is 1. The Morgan fingerprint density at radius 3 is 2.73 bits per heavy atom. The third-order valence-corrected chi connectivity index (χ3v) is 6.56. The summed E-state index contributed by atoms with van der Waals surface area (Å²) in [4.78, 5) is 7.44. The molecular weight excluding hydrogens is 328 g/mol. The second-order valence-electron chi connectivity index (χ2n) is 8.68. The molecule has 3 fully saturated rings. The summed E-state index contributed by atoms with van der Waals surface area (Å²) in [6, 6.07) is 0.462. The molecule has 3 aliphatic rings. The average Bonchev–Trinajstić information content (AvgIpc) is 3.10. The molecule has 6 nitrogen and oxygen atoms in total. The Labute approximate surface area is 159 Å². The zero-order valence-corrected chi connectivity index (χ0v) is 17.1.